The lowest BCUT2D eigenvalue weighted by Gasteiger charge is -2.16. The molecule has 0 saturated heterocycles. The predicted molar refractivity (Wildman–Crippen MR) is 75.8 cm³/mol. The maximum atomic E-state index is 11.7. The molecule has 2 atom stereocenters. The van der Waals surface area contributed by atoms with Gasteiger partial charge >= 0.3 is 5.97 Å². The molecule has 0 fully saturated rings. The van der Waals surface area contributed by atoms with E-state index in [1.54, 1.807) is 0 Å². The third kappa shape index (κ3) is 10.5. The van der Waals surface area contributed by atoms with Crippen LogP contribution < -0.4 is 11.1 Å². The Bertz CT molecular complexity index is 263. The molecule has 0 saturated carbocycles. The van der Waals surface area contributed by atoms with E-state index in [0.717, 1.165) is 25.7 Å². The molecule has 0 aromatic heterocycles. The molecule has 4 N–H and O–H groups in total. The van der Waals surface area contributed by atoms with Crippen LogP contribution in [0.5, 0.6) is 0 Å². The minimum atomic E-state index is -0.827. The molecule has 112 valence electrons. The number of carbonyl (C=O) groups is 2. The Morgan fingerprint density at radius 1 is 1.16 bits per heavy atom. The zero-order valence-electron chi connectivity index (χ0n) is 12.2. The van der Waals surface area contributed by atoms with E-state index in [-0.39, 0.29) is 18.4 Å². The average Bonchev–Trinajstić information content (AvgIpc) is 2.34. The summed E-state index contributed by atoms with van der Waals surface area (Å²) in [6, 6.07) is -0.0808. The average molecular weight is 272 g/mol. The monoisotopic (exact) mass is 272 g/mol. The second-order valence-electron chi connectivity index (χ2n) is 5.17. The lowest BCUT2D eigenvalue weighted by atomic mass is 9.94. The zero-order chi connectivity index (χ0) is 14.7. The minimum Gasteiger partial charge on any atom is -0.481 e. The highest BCUT2D eigenvalue weighted by Gasteiger charge is 2.12. The maximum absolute atomic E-state index is 11.7. The van der Waals surface area contributed by atoms with Crippen molar-refractivity contribution in [3.63, 3.8) is 0 Å². The molecule has 0 aliphatic carbocycles. The molecule has 0 bridgehead atoms. The van der Waals surface area contributed by atoms with Crippen LogP contribution in [-0.4, -0.2) is 29.6 Å². The summed E-state index contributed by atoms with van der Waals surface area (Å²) in [5.41, 5.74) is 5.56. The first kappa shape index (κ1) is 17.9. The highest BCUT2D eigenvalue weighted by Crippen LogP contribution is 2.16. The molecule has 1 amide bonds. The van der Waals surface area contributed by atoms with Crippen molar-refractivity contribution in [1.82, 2.24) is 5.32 Å². The van der Waals surface area contributed by atoms with E-state index in [1.807, 2.05) is 6.92 Å². The van der Waals surface area contributed by atoms with Crippen LogP contribution in [0.3, 0.4) is 0 Å². The SMILES string of the molecule is CCCC(CCN)CCC(=O)NC(C)CCC(=O)O. The number of hydrogen-bond donors (Lipinski definition) is 3. The molecular weight excluding hydrogens is 244 g/mol. The summed E-state index contributed by atoms with van der Waals surface area (Å²) in [5, 5.41) is 11.4. The molecule has 0 radical (unpaired) electrons. The zero-order valence-corrected chi connectivity index (χ0v) is 12.2. The number of carboxylic acid groups (broad SMARTS) is 1. The predicted octanol–water partition coefficient (Wildman–Crippen LogP) is 1.90. The minimum absolute atomic E-state index is 0.0102. The Labute approximate surface area is 115 Å². The summed E-state index contributed by atoms with van der Waals surface area (Å²) >= 11 is 0. The maximum Gasteiger partial charge on any atom is 0.303 e. The van der Waals surface area contributed by atoms with Crippen molar-refractivity contribution in [2.45, 2.75) is 64.8 Å². The molecule has 0 aromatic rings. The number of nitrogens with one attached hydrogen (secondary N) is 1. The van der Waals surface area contributed by atoms with Gasteiger partial charge in [0.25, 0.3) is 0 Å². The second-order valence-corrected chi connectivity index (χ2v) is 5.17. The molecule has 19 heavy (non-hydrogen) atoms. The molecule has 0 aromatic carbocycles. The number of hydrogen-bond acceptors (Lipinski definition) is 3. The van der Waals surface area contributed by atoms with E-state index in [9.17, 15) is 9.59 Å². The lowest BCUT2D eigenvalue weighted by molar-refractivity contribution is -0.137. The summed E-state index contributed by atoms with van der Waals surface area (Å²) in [5.74, 6) is -0.293. The summed E-state index contributed by atoms with van der Waals surface area (Å²) in [6.07, 6.45) is 5.12. The van der Waals surface area contributed by atoms with Crippen LogP contribution in [0.15, 0.2) is 0 Å². The van der Waals surface area contributed by atoms with Crippen LogP contribution >= 0.6 is 0 Å². The third-order valence-corrected chi connectivity index (χ3v) is 3.25. The van der Waals surface area contributed by atoms with E-state index in [1.165, 1.54) is 0 Å². The largest absolute Gasteiger partial charge is 0.481 e. The number of carbonyl (C=O) groups excluding carboxylic acids is 1. The Hall–Kier alpha value is -1.10. The highest BCUT2D eigenvalue weighted by atomic mass is 16.4. The molecule has 2 unspecified atom stereocenters. The van der Waals surface area contributed by atoms with Crippen molar-refractivity contribution in [1.29, 1.82) is 0 Å². The highest BCUT2D eigenvalue weighted by molar-refractivity contribution is 5.76. The number of aliphatic carboxylic acids is 1. The molecule has 0 aliphatic rings. The van der Waals surface area contributed by atoms with Gasteiger partial charge in [0.2, 0.25) is 5.91 Å². The Morgan fingerprint density at radius 2 is 1.84 bits per heavy atom. The van der Waals surface area contributed by atoms with Gasteiger partial charge in [0.15, 0.2) is 0 Å². The van der Waals surface area contributed by atoms with Crippen molar-refractivity contribution in [2.24, 2.45) is 11.7 Å². The van der Waals surface area contributed by atoms with Gasteiger partial charge < -0.3 is 16.2 Å². The van der Waals surface area contributed by atoms with Crippen LogP contribution in [0.2, 0.25) is 0 Å². The van der Waals surface area contributed by atoms with E-state index < -0.39 is 5.97 Å². The molecule has 0 aliphatic heterocycles. The number of amides is 1. The van der Waals surface area contributed by atoms with Gasteiger partial charge in [-0.2, -0.15) is 0 Å². The van der Waals surface area contributed by atoms with E-state index in [4.69, 9.17) is 10.8 Å². The number of carboxylic acids is 1. The first-order valence-electron chi connectivity index (χ1n) is 7.20. The molecule has 0 rings (SSSR count). The Kier molecular flexibility index (Phi) is 10.2. The molecular formula is C14H28N2O3. The standard InChI is InChI=1S/C14H28N2O3/c1-3-4-12(9-10-15)6-7-13(17)16-11(2)5-8-14(18)19/h11-12H,3-10,15H2,1-2H3,(H,16,17)(H,18,19). The van der Waals surface area contributed by atoms with Gasteiger partial charge in [-0.25, -0.2) is 0 Å². The van der Waals surface area contributed by atoms with Crippen molar-refractivity contribution in [3.8, 4) is 0 Å². The smallest absolute Gasteiger partial charge is 0.303 e. The van der Waals surface area contributed by atoms with Crippen molar-refractivity contribution in [3.05, 3.63) is 0 Å². The van der Waals surface area contributed by atoms with E-state index >= 15 is 0 Å². The molecule has 5 nitrogen and oxygen atoms in total. The topological polar surface area (TPSA) is 92.4 Å². The van der Waals surface area contributed by atoms with Crippen LogP contribution in [0.25, 0.3) is 0 Å². The van der Waals surface area contributed by atoms with Gasteiger partial charge in [0.1, 0.15) is 0 Å². The van der Waals surface area contributed by atoms with Crippen molar-refractivity contribution in [2.75, 3.05) is 6.54 Å². The van der Waals surface area contributed by atoms with Crippen LogP contribution in [0.1, 0.15) is 58.8 Å². The van der Waals surface area contributed by atoms with Gasteiger partial charge in [0, 0.05) is 18.9 Å². The second kappa shape index (κ2) is 10.8. The first-order chi connectivity index (χ1) is 8.99. The fourth-order valence-electron chi connectivity index (χ4n) is 2.17. The van der Waals surface area contributed by atoms with Crippen LogP contribution in [0.4, 0.5) is 0 Å². The number of nitrogens with two attached hydrogens (primary N) is 1. The molecule has 0 heterocycles. The van der Waals surface area contributed by atoms with Crippen LogP contribution in [0, 0.1) is 5.92 Å². The normalized spacial score (nSPS) is 13.8. The summed E-state index contributed by atoms with van der Waals surface area (Å²) in [4.78, 5) is 22.1. The van der Waals surface area contributed by atoms with Crippen molar-refractivity contribution >= 4 is 11.9 Å². The van der Waals surface area contributed by atoms with E-state index in [0.29, 0.717) is 25.3 Å². The van der Waals surface area contributed by atoms with Crippen LogP contribution in [-0.2, 0) is 9.59 Å². The van der Waals surface area contributed by atoms with E-state index in [2.05, 4.69) is 12.2 Å². The quantitative estimate of drug-likeness (QED) is 0.535. The lowest BCUT2D eigenvalue weighted by Crippen LogP contribution is -2.33. The van der Waals surface area contributed by atoms with Gasteiger partial charge in [-0.1, -0.05) is 19.8 Å². The molecule has 0 spiro atoms. The van der Waals surface area contributed by atoms with Gasteiger partial charge in [-0.3, -0.25) is 9.59 Å². The summed E-state index contributed by atoms with van der Waals surface area (Å²) < 4.78 is 0. The van der Waals surface area contributed by atoms with Crippen molar-refractivity contribution < 1.29 is 14.7 Å². The van der Waals surface area contributed by atoms with Gasteiger partial charge in [-0.05, 0) is 38.6 Å². The summed E-state index contributed by atoms with van der Waals surface area (Å²) in [6.45, 7) is 4.64. The van der Waals surface area contributed by atoms with Gasteiger partial charge in [-0.15, -0.1) is 0 Å². The van der Waals surface area contributed by atoms with Gasteiger partial charge in [0.05, 0.1) is 0 Å². The fraction of sp³-hybridized carbons (Fsp3) is 0.857. The summed E-state index contributed by atoms with van der Waals surface area (Å²) in [7, 11) is 0. The Balaban J connectivity index is 3.85. The fourth-order valence-corrected chi connectivity index (χ4v) is 2.17. The Morgan fingerprint density at radius 3 is 2.37 bits per heavy atom. The number of rotatable bonds is 11. The first-order valence-corrected chi connectivity index (χ1v) is 7.20. The molecule has 5 heteroatoms. The third-order valence-electron chi connectivity index (χ3n) is 3.25.